The summed E-state index contributed by atoms with van der Waals surface area (Å²) in [6.45, 7) is 4.25. The minimum atomic E-state index is -0.577. The van der Waals surface area contributed by atoms with E-state index in [1.54, 1.807) is 0 Å². The molecule has 15 heavy (non-hydrogen) atoms. The maximum atomic E-state index is 10.7. The third-order valence-corrected chi connectivity index (χ3v) is 3.81. The Kier molecular flexibility index (Phi) is 2.83. The van der Waals surface area contributed by atoms with Crippen molar-refractivity contribution in [1.29, 1.82) is 0 Å². The van der Waals surface area contributed by atoms with Crippen molar-refractivity contribution in [3.05, 3.63) is 35.4 Å². The third-order valence-electron chi connectivity index (χ3n) is 3.81. The first kappa shape index (κ1) is 10.7. The minimum Gasteiger partial charge on any atom is -0.385 e. The Labute approximate surface area is 92.1 Å². The Balaban J connectivity index is 2.30. The summed E-state index contributed by atoms with van der Waals surface area (Å²) in [5, 5.41) is 10.7. The summed E-state index contributed by atoms with van der Waals surface area (Å²) in [5.41, 5.74) is 1.78. The van der Waals surface area contributed by atoms with Crippen LogP contribution in [0.4, 0.5) is 0 Å². The molecule has 1 aromatic rings. The highest BCUT2D eigenvalue weighted by Crippen LogP contribution is 2.41. The molecule has 2 atom stereocenters. The highest BCUT2D eigenvalue weighted by Gasteiger charge is 2.37. The topological polar surface area (TPSA) is 20.2 Å². The van der Waals surface area contributed by atoms with Crippen molar-refractivity contribution in [1.82, 2.24) is 0 Å². The second kappa shape index (κ2) is 3.97. The molecule has 1 heteroatoms. The molecule has 0 bridgehead atoms. The normalized spacial score (nSPS) is 31.5. The molecule has 1 fully saturated rings. The standard InChI is InChI=1S/C14H20O/c1-11-6-8-13(9-7-11)14(15)10-4-3-5-12(14)2/h6-9,12,15H,3-5,10H2,1-2H3/t12-,14+/m0/s1. The number of benzene rings is 1. The van der Waals surface area contributed by atoms with Crippen molar-refractivity contribution >= 4 is 0 Å². The first-order valence-corrected chi connectivity index (χ1v) is 5.92. The second-order valence-electron chi connectivity index (χ2n) is 4.94. The van der Waals surface area contributed by atoms with Gasteiger partial charge in [0.05, 0.1) is 5.60 Å². The molecule has 2 rings (SSSR count). The molecular formula is C14H20O. The fourth-order valence-corrected chi connectivity index (χ4v) is 2.60. The van der Waals surface area contributed by atoms with Gasteiger partial charge in [-0.15, -0.1) is 0 Å². The Morgan fingerprint density at radius 3 is 2.47 bits per heavy atom. The molecule has 1 aromatic carbocycles. The molecule has 1 aliphatic rings. The predicted octanol–water partition coefficient (Wildman–Crippen LogP) is 3.39. The van der Waals surface area contributed by atoms with Crippen LogP contribution >= 0.6 is 0 Å². The zero-order chi connectivity index (χ0) is 10.9. The lowest BCUT2D eigenvalue weighted by Gasteiger charge is -2.38. The average Bonchev–Trinajstić information content (AvgIpc) is 2.23. The second-order valence-corrected chi connectivity index (χ2v) is 4.94. The van der Waals surface area contributed by atoms with Gasteiger partial charge in [0, 0.05) is 0 Å². The lowest BCUT2D eigenvalue weighted by Crippen LogP contribution is -2.36. The molecule has 0 spiro atoms. The Morgan fingerprint density at radius 1 is 1.20 bits per heavy atom. The van der Waals surface area contributed by atoms with Crippen LogP contribution in [-0.4, -0.2) is 5.11 Å². The summed E-state index contributed by atoms with van der Waals surface area (Å²) in [5.74, 6) is 0.383. The quantitative estimate of drug-likeness (QED) is 0.743. The average molecular weight is 204 g/mol. The smallest absolute Gasteiger partial charge is 0.0921 e. The van der Waals surface area contributed by atoms with Crippen LogP contribution in [0.1, 0.15) is 43.7 Å². The van der Waals surface area contributed by atoms with Gasteiger partial charge in [-0.1, -0.05) is 49.6 Å². The molecule has 0 radical (unpaired) electrons. The molecule has 0 heterocycles. The van der Waals surface area contributed by atoms with Gasteiger partial charge < -0.3 is 5.11 Å². The molecule has 1 N–H and O–H groups in total. The van der Waals surface area contributed by atoms with E-state index < -0.39 is 5.60 Å². The Morgan fingerprint density at radius 2 is 1.87 bits per heavy atom. The van der Waals surface area contributed by atoms with Crippen LogP contribution in [0.25, 0.3) is 0 Å². The summed E-state index contributed by atoms with van der Waals surface area (Å²) in [7, 11) is 0. The van der Waals surface area contributed by atoms with Crippen LogP contribution in [-0.2, 0) is 5.60 Å². The van der Waals surface area contributed by atoms with Crippen LogP contribution in [0, 0.1) is 12.8 Å². The van der Waals surface area contributed by atoms with E-state index in [2.05, 4.69) is 38.1 Å². The molecule has 1 aliphatic carbocycles. The van der Waals surface area contributed by atoms with Gasteiger partial charge in [-0.25, -0.2) is 0 Å². The Hall–Kier alpha value is -0.820. The van der Waals surface area contributed by atoms with E-state index in [0.29, 0.717) is 5.92 Å². The molecule has 0 aromatic heterocycles. The third kappa shape index (κ3) is 1.93. The van der Waals surface area contributed by atoms with Crippen molar-refractivity contribution in [2.75, 3.05) is 0 Å². The van der Waals surface area contributed by atoms with Crippen LogP contribution < -0.4 is 0 Å². The number of hydrogen-bond acceptors (Lipinski definition) is 1. The molecule has 82 valence electrons. The summed E-state index contributed by atoms with van der Waals surface area (Å²) in [6, 6.07) is 8.34. The summed E-state index contributed by atoms with van der Waals surface area (Å²) < 4.78 is 0. The summed E-state index contributed by atoms with van der Waals surface area (Å²) in [6.07, 6.45) is 4.46. The maximum Gasteiger partial charge on any atom is 0.0921 e. The van der Waals surface area contributed by atoms with Crippen LogP contribution in [0.5, 0.6) is 0 Å². The van der Waals surface area contributed by atoms with Crippen molar-refractivity contribution in [3.63, 3.8) is 0 Å². The van der Waals surface area contributed by atoms with Crippen LogP contribution in [0.2, 0.25) is 0 Å². The van der Waals surface area contributed by atoms with Gasteiger partial charge >= 0.3 is 0 Å². The zero-order valence-electron chi connectivity index (χ0n) is 9.66. The van der Waals surface area contributed by atoms with E-state index in [1.807, 2.05) is 0 Å². The van der Waals surface area contributed by atoms with E-state index in [1.165, 1.54) is 12.0 Å². The van der Waals surface area contributed by atoms with Crippen molar-refractivity contribution in [2.45, 2.75) is 45.1 Å². The van der Waals surface area contributed by atoms with Crippen molar-refractivity contribution in [2.24, 2.45) is 5.92 Å². The molecule has 0 amide bonds. The van der Waals surface area contributed by atoms with Crippen LogP contribution in [0.3, 0.4) is 0 Å². The van der Waals surface area contributed by atoms with E-state index in [9.17, 15) is 5.11 Å². The summed E-state index contributed by atoms with van der Waals surface area (Å²) >= 11 is 0. The fraction of sp³-hybridized carbons (Fsp3) is 0.571. The first-order valence-electron chi connectivity index (χ1n) is 5.92. The molecule has 0 unspecified atom stereocenters. The minimum absolute atomic E-state index is 0.383. The molecular weight excluding hydrogens is 184 g/mol. The van der Waals surface area contributed by atoms with Gasteiger partial charge in [0.25, 0.3) is 0 Å². The van der Waals surface area contributed by atoms with Crippen molar-refractivity contribution < 1.29 is 5.11 Å². The van der Waals surface area contributed by atoms with Gasteiger partial charge in [0.15, 0.2) is 0 Å². The van der Waals surface area contributed by atoms with Gasteiger partial charge in [-0.2, -0.15) is 0 Å². The zero-order valence-corrected chi connectivity index (χ0v) is 9.66. The lowest BCUT2D eigenvalue weighted by molar-refractivity contribution is -0.0469. The van der Waals surface area contributed by atoms with Crippen molar-refractivity contribution in [3.8, 4) is 0 Å². The van der Waals surface area contributed by atoms with E-state index in [0.717, 1.165) is 24.8 Å². The van der Waals surface area contributed by atoms with E-state index >= 15 is 0 Å². The highest BCUT2D eigenvalue weighted by molar-refractivity contribution is 5.27. The van der Waals surface area contributed by atoms with Gasteiger partial charge in [-0.05, 0) is 31.2 Å². The SMILES string of the molecule is Cc1ccc([C@@]2(O)CCCC[C@@H]2C)cc1. The van der Waals surface area contributed by atoms with Gasteiger partial charge in [0.1, 0.15) is 0 Å². The number of aliphatic hydroxyl groups is 1. The first-order chi connectivity index (χ1) is 7.13. The van der Waals surface area contributed by atoms with Gasteiger partial charge in [0.2, 0.25) is 0 Å². The van der Waals surface area contributed by atoms with E-state index in [4.69, 9.17) is 0 Å². The fourth-order valence-electron chi connectivity index (χ4n) is 2.60. The number of hydrogen-bond donors (Lipinski definition) is 1. The van der Waals surface area contributed by atoms with E-state index in [-0.39, 0.29) is 0 Å². The predicted molar refractivity (Wildman–Crippen MR) is 62.7 cm³/mol. The number of rotatable bonds is 1. The summed E-state index contributed by atoms with van der Waals surface area (Å²) in [4.78, 5) is 0. The molecule has 1 nitrogen and oxygen atoms in total. The monoisotopic (exact) mass is 204 g/mol. The largest absolute Gasteiger partial charge is 0.385 e. The maximum absolute atomic E-state index is 10.7. The highest BCUT2D eigenvalue weighted by atomic mass is 16.3. The molecule has 0 saturated heterocycles. The van der Waals surface area contributed by atoms with Crippen LogP contribution in [0.15, 0.2) is 24.3 Å². The lowest BCUT2D eigenvalue weighted by atomic mass is 9.72. The number of aryl methyl sites for hydroxylation is 1. The molecule has 1 saturated carbocycles. The van der Waals surface area contributed by atoms with Gasteiger partial charge in [-0.3, -0.25) is 0 Å². The Bertz CT molecular complexity index is 328. The molecule has 0 aliphatic heterocycles.